The number of fused-ring (bicyclic) bond motifs is 1. The van der Waals surface area contributed by atoms with Crippen LogP contribution in [0.2, 0.25) is 0 Å². The van der Waals surface area contributed by atoms with Crippen molar-refractivity contribution in [2.24, 2.45) is 0 Å². The van der Waals surface area contributed by atoms with Crippen LogP contribution in [0.15, 0.2) is 54.9 Å². The number of aromatic carboxylic acids is 1. The highest BCUT2D eigenvalue weighted by Gasteiger charge is 2.27. The molecule has 2 fully saturated rings. The third-order valence-corrected chi connectivity index (χ3v) is 7.43. The lowest BCUT2D eigenvalue weighted by atomic mass is 10.0. The number of nitrogens with zero attached hydrogens (tertiary/aromatic N) is 4. The minimum absolute atomic E-state index is 0.126. The molecule has 206 valence electrons. The maximum atomic E-state index is 12.9. The average Bonchev–Trinajstić information content (AvgIpc) is 3.71. The van der Waals surface area contributed by atoms with Gasteiger partial charge in [0.05, 0.1) is 36.0 Å². The van der Waals surface area contributed by atoms with Crippen LogP contribution in [-0.2, 0) is 4.74 Å². The number of carbonyl (C=O) groups excluding carboxylic acids is 1. The van der Waals surface area contributed by atoms with Crippen molar-refractivity contribution >= 4 is 34.3 Å². The highest BCUT2D eigenvalue weighted by atomic mass is 16.5. The van der Waals surface area contributed by atoms with Gasteiger partial charge in [-0.3, -0.25) is 14.8 Å². The van der Waals surface area contributed by atoms with Crippen LogP contribution in [0.4, 0.5) is 11.5 Å². The molecule has 1 amide bonds. The van der Waals surface area contributed by atoms with Crippen LogP contribution < -0.4 is 10.6 Å². The monoisotopic (exact) mass is 541 g/mol. The molecule has 1 atom stereocenters. The summed E-state index contributed by atoms with van der Waals surface area (Å²) in [6.45, 7) is 4.00. The normalized spacial score (nSPS) is 16.5. The van der Waals surface area contributed by atoms with Crippen molar-refractivity contribution in [3.63, 3.8) is 0 Å². The van der Waals surface area contributed by atoms with Gasteiger partial charge in [-0.1, -0.05) is 18.2 Å². The molecule has 0 bridgehead atoms. The minimum Gasteiger partial charge on any atom is -0.478 e. The molecular weight excluding hydrogens is 510 g/mol. The first-order chi connectivity index (χ1) is 19.5. The standard InChI is InChI=1S/C29H31N7O4/c37-28(25-16-24(34-35-25)18-7-8-18)32-20-4-1-3-19(15-20)23(9-10-36-11-13-40-14-12-36)33-27-21-5-2-6-22(29(38)39)26(21)30-17-31-27/h1-6,15-18,23H,7-14H2,(H,32,37)(H,34,35)(H,38,39)(H,30,31,33). The van der Waals surface area contributed by atoms with E-state index in [9.17, 15) is 14.7 Å². The van der Waals surface area contributed by atoms with E-state index < -0.39 is 5.97 Å². The number of hydrogen-bond acceptors (Lipinski definition) is 8. The van der Waals surface area contributed by atoms with Crippen LogP contribution in [0.3, 0.4) is 0 Å². The van der Waals surface area contributed by atoms with E-state index in [4.69, 9.17) is 4.74 Å². The third-order valence-electron chi connectivity index (χ3n) is 7.43. The molecule has 0 radical (unpaired) electrons. The van der Waals surface area contributed by atoms with E-state index in [1.807, 2.05) is 36.4 Å². The SMILES string of the molecule is O=C(Nc1cccc(C(CCN2CCOCC2)Nc2ncnc3c(C(=O)O)cccc23)c1)c1cc(C2CC2)n[nH]1. The van der Waals surface area contributed by atoms with Crippen molar-refractivity contribution in [2.45, 2.75) is 31.2 Å². The van der Waals surface area contributed by atoms with Crippen LogP contribution in [0.5, 0.6) is 0 Å². The van der Waals surface area contributed by atoms with Crippen molar-refractivity contribution in [2.75, 3.05) is 43.5 Å². The molecular formula is C29H31N7O4. The number of benzene rings is 2. The molecule has 40 heavy (non-hydrogen) atoms. The predicted molar refractivity (Wildman–Crippen MR) is 150 cm³/mol. The Morgan fingerprint density at radius 1 is 1.10 bits per heavy atom. The zero-order valence-electron chi connectivity index (χ0n) is 22.0. The van der Waals surface area contributed by atoms with Gasteiger partial charge in [0.25, 0.3) is 5.91 Å². The first-order valence-electron chi connectivity index (χ1n) is 13.6. The van der Waals surface area contributed by atoms with Crippen LogP contribution in [0.1, 0.15) is 63.3 Å². The van der Waals surface area contributed by atoms with Crippen molar-refractivity contribution < 1.29 is 19.4 Å². The molecule has 4 aromatic rings. The molecule has 2 aromatic heterocycles. The number of carboxylic acid groups (broad SMARTS) is 1. The molecule has 1 unspecified atom stereocenters. The summed E-state index contributed by atoms with van der Waals surface area (Å²) in [5, 5.41) is 24.0. The maximum absolute atomic E-state index is 12.9. The van der Waals surface area contributed by atoms with Crippen LogP contribution in [0.25, 0.3) is 10.9 Å². The van der Waals surface area contributed by atoms with Gasteiger partial charge >= 0.3 is 5.97 Å². The van der Waals surface area contributed by atoms with Gasteiger partial charge in [-0.05, 0) is 55.2 Å². The fraction of sp³-hybridized carbons (Fsp3) is 0.345. The summed E-state index contributed by atoms with van der Waals surface area (Å²) in [4.78, 5) is 35.8. The molecule has 4 N–H and O–H groups in total. The number of aromatic amines is 1. The Morgan fingerprint density at radius 3 is 2.73 bits per heavy atom. The van der Waals surface area contributed by atoms with Gasteiger partial charge in [-0.2, -0.15) is 5.10 Å². The number of nitrogens with one attached hydrogen (secondary N) is 3. The second-order valence-electron chi connectivity index (χ2n) is 10.2. The van der Waals surface area contributed by atoms with E-state index in [0.29, 0.717) is 47.2 Å². The summed E-state index contributed by atoms with van der Waals surface area (Å²) in [6.07, 6.45) is 4.37. The Balaban J connectivity index is 1.26. The smallest absolute Gasteiger partial charge is 0.337 e. The number of carbonyl (C=O) groups is 2. The zero-order valence-corrected chi connectivity index (χ0v) is 22.0. The Kier molecular flexibility index (Phi) is 7.39. The van der Waals surface area contributed by atoms with Crippen molar-refractivity contribution in [1.82, 2.24) is 25.1 Å². The first-order valence-corrected chi connectivity index (χ1v) is 13.6. The number of amides is 1. The topological polar surface area (TPSA) is 145 Å². The maximum Gasteiger partial charge on any atom is 0.337 e. The number of H-pyrrole nitrogens is 1. The number of ether oxygens (including phenoxy) is 1. The lowest BCUT2D eigenvalue weighted by molar-refractivity contribution is 0.0368. The molecule has 2 aromatic carbocycles. The molecule has 6 rings (SSSR count). The number of anilines is 2. The van der Waals surface area contributed by atoms with E-state index in [1.54, 1.807) is 6.07 Å². The van der Waals surface area contributed by atoms with Crippen LogP contribution >= 0.6 is 0 Å². The number of morpholine rings is 1. The average molecular weight is 542 g/mol. The van der Waals surface area contributed by atoms with Gasteiger partial charge in [0.1, 0.15) is 17.8 Å². The van der Waals surface area contributed by atoms with Gasteiger partial charge < -0.3 is 20.5 Å². The van der Waals surface area contributed by atoms with E-state index in [-0.39, 0.29) is 17.5 Å². The summed E-state index contributed by atoms with van der Waals surface area (Å²) in [6, 6.07) is 14.5. The van der Waals surface area contributed by atoms with Crippen molar-refractivity contribution in [3.8, 4) is 0 Å². The molecule has 1 aliphatic heterocycles. The Bertz CT molecular complexity index is 1530. The summed E-state index contributed by atoms with van der Waals surface area (Å²) < 4.78 is 5.50. The molecule has 0 spiro atoms. The highest BCUT2D eigenvalue weighted by molar-refractivity contribution is 6.04. The predicted octanol–water partition coefficient (Wildman–Crippen LogP) is 4.06. The first kappa shape index (κ1) is 25.9. The fourth-order valence-electron chi connectivity index (χ4n) is 5.07. The third kappa shape index (κ3) is 5.80. The van der Waals surface area contributed by atoms with Gasteiger partial charge in [0.2, 0.25) is 0 Å². The molecule has 11 nitrogen and oxygen atoms in total. The fourth-order valence-corrected chi connectivity index (χ4v) is 5.07. The lowest BCUT2D eigenvalue weighted by Crippen LogP contribution is -2.37. The van der Waals surface area contributed by atoms with E-state index in [1.165, 1.54) is 12.4 Å². The largest absolute Gasteiger partial charge is 0.478 e. The Morgan fingerprint density at radius 2 is 1.93 bits per heavy atom. The molecule has 2 aliphatic rings. The molecule has 1 saturated heterocycles. The van der Waals surface area contributed by atoms with Gasteiger partial charge in [-0.25, -0.2) is 14.8 Å². The highest BCUT2D eigenvalue weighted by Crippen LogP contribution is 2.39. The summed E-state index contributed by atoms with van der Waals surface area (Å²) >= 11 is 0. The van der Waals surface area contributed by atoms with Crippen LogP contribution in [0, 0.1) is 0 Å². The van der Waals surface area contributed by atoms with Crippen LogP contribution in [-0.4, -0.2) is 74.9 Å². The lowest BCUT2D eigenvalue weighted by Gasteiger charge is -2.29. The molecule has 3 heterocycles. The number of carboxylic acids is 1. The number of para-hydroxylation sites is 1. The second-order valence-corrected chi connectivity index (χ2v) is 10.2. The van der Waals surface area contributed by atoms with Gasteiger partial charge in [0, 0.05) is 36.6 Å². The van der Waals surface area contributed by atoms with Crippen molar-refractivity contribution in [1.29, 1.82) is 0 Å². The summed E-state index contributed by atoms with van der Waals surface area (Å²) in [5.41, 5.74) is 3.52. The molecule has 11 heteroatoms. The quantitative estimate of drug-likeness (QED) is 0.233. The summed E-state index contributed by atoms with van der Waals surface area (Å²) in [7, 11) is 0. The number of hydrogen-bond donors (Lipinski definition) is 4. The van der Waals surface area contributed by atoms with E-state index in [2.05, 4.69) is 35.7 Å². The van der Waals surface area contributed by atoms with E-state index >= 15 is 0 Å². The van der Waals surface area contributed by atoms with Gasteiger partial charge in [0.15, 0.2) is 0 Å². The van der Waals surface area contributed by atoms with Gasteiger partial charge in [-0.15, -0.1) is 0 Å². The molecule has 1 aliphatic carbocycles. The number of aromatic nitrogens is 4. The second kappa shape index (κ2) is 11.4. The zero-order chi connectivity index (χ0) is 27.5. The number of rotatable bonds is 10. The minimum atomic E-state index is -1.04. The van der Waals surface area contributed by atoms with Crippen molar-refractivity contribution in [3.05, 3.63) is 77.4 Å². The van der Waals surface area contributed by atoms with E-state index in [0.717, 1.165) is 50.2 Å². The summed E-state index contributed by atoms with van der Waals surface area (Å²) in [5.74, 6) is -0.259. The molecule has 1 saturated carbocycles. The Hall–Kier alpha value is -4.35. The Labute approximate surface area is 231 Å².